The van der Waals surface area contributed by atoms with Crippen molar-refractivity contribution in [3.8, 4) is 0 Å². The molecule has 0 bridgehead atoms. The van der Waals surface area contributed by atoms with Crippen LogP contribution in [0, 0.1) is 15.9 Å². The average Bonchev–Trinajstić information content (AvgIpc) is 2.29. The van der Waals surface area contributed by atoms with Crippen molar-refractivity contribution >= 4 is 5.69 Å². The first-order valence-electron chi connectivity index (χ1n) is 5.75. The zero-order chi connectivity index (χ0) is 12.8. The van der Waals surface area contributed by atoms with Gasteiger partial charge in [-0.05, 0) is 18.1 Å². The smallest absolute Gasteiger partial charge is 0.305 e. The molecule has 17 heavy (non-hydrogen) atoms. The van der Waals surface area contributed by atoms with Crippen molar-refractivity contribution in [1.29, 1.82) is 0 Å². The molecule has 0 unspecified atom stereocenters. The van der Waals surface area contributed by atoms with Crippen LogP contribution in [0.5, 0.6) is 0 Å². The minimum Gasteiger partial charge on any atom is -0.324 e. The van der Waals surface area contributed by atoms with Crippen molar-refractivity contribution in [2.75, 3.05) is 0 Å². The summed E-state index contributed by atoms with van der Waals surface area (Å²) in [6, 6.07) is 3.58. The van der Waals surface area contributed by atoms with Crippen molar-refractivity contribution in [3.63, 3.8) is 0 Å². The number of rotatable bonds is 6. The number of unbranched alkanes of at least 4 members (excludes halogenated alkanes) is 2. The monoisotopic (exact) mass is 240 g/mol. The molecule has 0 saturated carbocycles. The lowest BCUT2D eigenvalue weighted by Gasteiger charge is -2.11. The van der Waals surface area contributed by atoms with E-state index in [0.29, 0.717) is 5.56 Å². The van der Waals surface area contributed by atoms with Gasteiger partial charge in [0, 0.05) is 12.1 Å². The molecular formula is C12H17FN2O2. The fraction of sp³-hybridized carbons (Fsp3) is 0.500. The van der Waals surface area contributed by atoms with Crippen molar-refractivity contribution in [1.82, 2.24) is 0 Å². The molecule has 1 aromatic carbocycles. The van der Waals surface area contributed by atoms with Gasteiger partial charge >= 0.3 is 5.69 Å². The topological polar surface area (TPSA) is 69.2 Å². The number of hydrogen-bond acceptors (Lipinski definition) is 3. The van der Waals surface area contributed by atoms with E-state index in [0.717, 1.165) is 31.7 Å². The second kappa shape index (κ2) is 6.30. The molecule has 0 saturated heterocycles. The second-order valence-corrected chi connectivity index (χ2v) is 4.07. The van der Waals surface area contributed by atoms with Gasteiger partial charge in [0.05, 0.1) is 4.92 Å². The lowest BCUT2D eigenvalue weighted by Crippen LogP contribution is -2.10. The highest BCUT2D eigenvalue weighted by atomic mass is 19.1. The summed E-state index contributed by atoms with van der Waals surface area (Å²) in [7, 11) is 0. The molecule has 0 aliphatic heterocycles. The van der Waals surface area contributed by atoms with Gasteiger partial charge in [-0.15, -0.1) is 0 Å². The van der Waals surface area contributed by atoms with E-state index in [2.05, 4.69) is 6.92 Å². The summed E-state index contributed by atoms with van der Waals surface area (Å²) in [4.78, 5) is 9.86. The van der Waals surface area contributed by atoms with Crippen LogP contribution >= 0.6 is 0 Å². The first-order valence-corrected chi connectivity index (χ1v) is 5.75. The van der Waals surface area contributed by atoms with Crippen LogP contribution in [0.1, 0.15) is 44.2 Å². The van der Waals surface area contributed by atoms with E-state index < -0.39 is 16.4 Å². The first kappa shape index (κ1) is 13.6. The van der Waals surface area contributed by atoms with E-state index in [-0.39, 0.29) is 6.04 Å². The number of hydrogen-bond donors (Lipinski definition) is 1. The molecule has 4 nitrogen and oxygen atoms in total. The van der Waals surface area contributed by atoms with Gasteiger partial charge in [0.15, 0.2) is 0 Å². The minimum atomic E-state index is -0.820. The Hall–Kier alpha value is -1.49. The molecule has 0 aliphatic rings. The summed E-state index contributed by atoms with van der Waals surface area (Å²) >= 11 is 0. The Labute approximate surface area is 99.8 Å². The number of nitro groups is 1. The molecule has 0 fully saturated rings. The van der Waals surface area contributed by atoms with Gasteiger partial charge in [0.2, 0.25) is 5.82 Å². The lowest BCUT2D eigenvalue weighted by molar-refractivity contribution is -0.387. The van der Waals surface area contributed by atoms with E-state index in [9.17, 15) is 14.5 Å². The van der Waals surface area contributed by atoms with Gasteiger partial charge in [0.1, 0.15) is 0 Å². The van der Waals surface area contributed by atoms with Gasteiger partial charge in [0.25, 0.3) is 0 Å². The Balaban J connectivity index is 2.77. The maximum Gasteiger partial charge on any atom is 0.305 e. The van der Waals surface area contributed by atoms with Crippen molar-refractivity contribution in [2.45, 2.75) is 38.6 Å². The highest BCUT2D eigenvalue weighted by Gasteiger charge is 2.16. The Bertz CT molecular complexity index is 396. The molecule has 2 N–H and O–H groups in total. The Morgan fingerprint density at radius 3 is 2.76 bits per heavy atom. The van der Waals surface area contributed by atoms with Gasteiger partial charge in [-0.3, -0.25) is 10.1 Å². The maximum atomic E-state index is 13.1. The van der Waals surface area contributed by atoms with Crippen LogP contribution in [0.3, 0.4) is 0 Å². The molecule has 5 heteroatoms. The average molecular weight is 240 g/mol. The normalized spacial score (nSPS) is 12.4. The number of nitrogens with two attached hydrogens (primary N) is 1. The minimum absolute atomic E-state index is 0.263. The van der Waals surface area contributed by atoms with Crippen molar-refractivity contribution in [3.05, 3.63) is 39.7 Å². The number of nitro benzene ring substituents is 1. The van der Waals surface area contributed by atoms with Crippen molar-refractivity contribution in [2.24, 2.45) is 5.73 Å². The zero-order valence-corrected chi connectivity index (χ0v) is 9.86. The molecule has 94 valence electrons. The third-order valence-corrected chi connectivity index (χ3v) is 2.71. The quantitative estimate of drug-likeness (QED) is 0.471. The predicted octanol–water partition coefficient (Wildman–Crippen LogP) is 3.31. The summed E-state index contributed by atoms with van der Waals surface area (Å²) in [6.45, 7) is 2.09. The maximum absolute atomic E-state index is 13.1. The van der Waals surface area contributed by atoms with Crippen LogP contribution < -0.4 is 5.73 Å². The van der Waals surface area contributed by atoms with Crippen LogP contribution in [0.2, 0.25) is 0 Å². The van der Waals surface area contributed by atoms with Crippen LogP contribution in [-0.4, -0.2) is 4.92 Å². The summed E-state index contributed by atoms with van der Waals surface area (Å²) < 4.78 is 13.1. The van der Waals surface area contributed by atoms with E-state index in [4.69, 9.17) is 5.73 Å². The lowest BCUT2D eigenvalue weighted by atomic mass is 10.0. The standard InChI is InChI=1S/C12H17FN2O2/c1-2-3-4-5-11(14)9-6-7-10(13)12(8-9)15(16)17/h6-8,11H,2-5,14H2,1H3/t11-/m0/s1. The highest BCUT2D eigenvalue weighted by Crippen LogP contribution is 2.24. The fourth-order valence-corrected chi connectivity index (χ4v) is 1.68. The fourth-order valence-electron chi connectivity index (χ4n) is 1.68. The van der Waals surface area contributed by atoms with E-state index >= 15 is 0 Å². The third-order valence-electron chi connectivity index (χ3n) is 2.71. The third kappa shape index (κ3) is 3.78. The van der Waals surface area contributed by atoms with Gasteiger partial charge in [-0.25, -0.2) is 0 Å². The second-order valence-electron chi connectivity index (χ2n) is 4.07. The van der Waals surface area contributed by atoms with Crippen LogP contribution in [0.25, 0.3) is 0 Å². The Morgan fingerprint density at radius 1 is 1.47 bits per heavy atom. The predicted molar refractivity (Wildman–Crippen MR) is 64.1 cm³/mol. The summed E-state index contributed by atoms with van der Waals surface area (Å²) in [6.07, 6.45) is 3.91. The van der Waals surface area contributed by atoms with Gasteiger partial charge in [-0.1, -0.05) is 32.3 Å². The van der Waals surface area contributed by atoms with Crippen molar-refractivity contribution < 1.29 is 9.31 Å². The molecule has 0 heterocycles. The Morgan fingerprint density at radius 2 is 2.18 bits per heavy atom. The van der Waals surface area contributed by atoms with Crippen LogP contribution in [0.15, 0.2) is 18.2 Å². The van der Waals surface area contributed by atoms with E-state index in [1.165, 1.54) is 12.1 Å². The molecule has 1 rings (SSSR count). The van der Waals surface area contributed by atoms with Crippen LogP contribution in [0.4, 0.5) is 10.1 Å². The van der Waals surface area contributed by atoms with Gasteiger partial charge < -0.3 is 5.73 Å². The molecule has 1 atom stereocenters. The SMILES string of the molecule is CCCCC[C@H](N)c1ccc(F)c([N+](=O)[O-])c1. The van der Waals surface area contributed by atoms with E-state index in [1.54, 1.807) is 0 Å². The summed E-state index contributed by atoms with van der Waals surface area (Å²) in [5.74, 6) is -0.820. The molecule has 0 aromatic heterocycles. The van der Waals surface area contributed by atoms with E-state index in [1.807, 2.05) is 0 Å². The molecule has 0 aliphatic carbocycles. The number of halogens is 1. The summed E-state index contributed by atoms with van der Waals surface area (Å²) in [5.41, 5.74) is 6.02. The largest absolute Gasteiger partial charge is 0.324 e. The zero-order valence-electron chi connectivity index (χ0n) is 9.86. The number of nitrogens with zero attached hydrogens (tertiary/aromatic N) is 1. The molecule has 1 aromatic rings. The first-order chi connectivity index (χ1) is 8.06. The molecule has 0 radical (unpaired) electrons. The Kier molecular flexibility index (Phi) is 5.03. The van der Waals surface area contributed by atoms with Gasteiger partial charge in [-0.2, -0.15) is 4.39 Å². The highest BCUT2D eigenvalue weighted by molar-refractivity contribution is 5.37. The molecular weight excluding hydrogens is 223 g/mol. The van der Waals surface area contributed by atoms with Crippen LogP contribution in [-0.2, 0) is 0 Å². The molecule has 0 amide bonds. The number of benzene rings is 1. The molecule has 0 spiro atoms. The summed E-state index contributed by atoms with van der Waals surface area (Å²) in [5, 5.41) is 10.6.